The molecule has 132 valence electrons. The maximum absolute atomic E-state index is 12.1. The molecule has 3 N–H and O–H groups in total. The van der Waals surface area contributed by atoms with Gasteiger partial charge in [-0.2, -0.15) is 0 Å². The van der Waals surface area contributed by atoms with E-state index in [9.17, 15) is 14.4 Å². The smallest absolute Gasteiger partial charge is 0.323 e. The SMILES string of the molecule is CCOC(=O)C(CCc1ccccc1)N[C@@H](C)C(=O)NCC(=O)O. The average molecular weight is 336 g/mol. The molecule has 0 fully saturated rings. The molecule has 0 aromatic heterocycles. The number of hydrogen-bond donors (Lipinski definition) is 3. The van der Waals surface area contributed by atoms with Crippen LogP contribution in [0.2, 0.25) is 0 Å². The molecule has 0 saturated heterocycles. The molecule has 1 aromatic rings. The Morgan fingerprint density at radius 3 is 2.46 bits per heavy atom. The first-order chi connectivity index (χ1) is 11.4. The van der Waals surface area contributed by atoms with Gasteiger partial charge in [0, 0.05) is 0 Å². The molecule has 0 aliphatic heterocycles. The number of rotatable bonds is 10. The van der Waals surface area contributed by atoms with Gasteiger partial charge in [0.1, 0.15) is 12.6 Å². The van der Waals surface area contributed by atoms with E-state index in [0.717, 1.165) is 5.56 Å². The number of aliphatic carboxylic acids is 1. The third-order valence-corrected chi connectivity index (χ3v) is 3.39. The van der Waals surface area contributed by atoms with Gasteiger partial charge in [-0.05, 0) is 32.3 Å². The number of benzene rings is 1. The number of carbonyl (C=O) groups is 3. The van der Waals surface area contributed by atoms with Crippen molar-refractivity contribution in [2.24, 2.45) is 0 Å². The number of ether oxygens (including phenoxy) is 1. The zero-order valence-corrected chi connectivity index (χ0v) is 14.0. The van der Waals surface area contributed by atoms with Crippen LogP contribution >= 0.6 is 0 Å². The monoisotopic (exact) mass is 336 g/mol. The van der Waals surface area contributed by atoms with Gasteiger partial charge in [-0.1, -0.05) is 30.3 Å². The summed E-state index contributed by atoms with van der Waals surface area (Å²) in [6, 6.07) is 8.33. The van der Waals surface area contributed by atoms with E-state index in [1.807, 2.05) is 30.3 Å². The maximum atomic E-state index is 12.1. The molecule has 0 aliphatic carbocycles. The minimum Gasteiger partial charge on any atom is -0.480 e. The van der Waals surface area contributed by atoms with Crippen LogP contribution in [0.5, 0.6) is 0 Å². The van der Waals surface area contributed by atoms with Gasteiger partial charge in [-0.25, -0.2) is 0 Å². The standard InChI is InChI=1S/C17H24N2O5/c1-3-24-17(23)14(10-9-13-7-5-4-6-8-13)19-12(2)16(22)18-11-15(20)21/h4-8,12,14,19H,3,9-11H2,1-2H3,(H,18,22)(H,20,21)/t12-,14?/m0/s1. The molecule has 0 saturated carbocycles. The lowest BCUT2D eigenvalue weighted by atomic mass is 10.0. The third-order valence-electron chi connectivity index (χ3n) is 3.39. The lowest BCUT2D eigenvalue weighted by Crippen LogP contribution is -2.50. The summed E-state index contributed by atoms with van der Waals surface area (Å²) in [4.78, 5) is 34.4. The van der Waals surface area contributed by atoms with Crippen LogP contribution in [0.4, 0.5) is 0 Å². The van der Waals surface area contributed by atoms with Crippen LogP contribution in [0.3, 0.4) is 0 Å². The maximum Gasteiger partial charge on any atom is 0.323 e. The van der Waals surface area contributed by atoms with Crippen molar-refractivity contribution in [2.75, 3.05) is 13.2 Å². The molecule has 24 heavy (non-hydrogen) atoms. The fraction of sp³-hybridized carbons (Fsp3) is 0.471. The Morgan fingerprint density at radius 2 is 1.88 bits per heavy atom. The molecule has 2 atom stereocenters. The summed E-state index contributed by atoms with van der Waals surface area (Å²) in [6.07, 6.45) is 1.13. The molecule has 0 aliphatic rings. The molecule has 0 radical (unpaired) electrons. The first kappa shape index (κ1) is 19.6. The molecule has 1 amide bonds. The van der Waals surface area contributed by atoms with Crippen molar-refractivity contribution < 1.29 is 24.2 Å². The van der Waals surface area contributed by atoms with Crippen molar-refractivity contribution >= 4 is 17.8 Å². The molecular weight excluding hydrogens is 312 g/mol. The van der Waals surface area contributed by atoms with Crippen LogP contribution < -0.4 is 10.6 Å². The summed E-state index contributed by atoms with van der Waals surface area (Å²) in [6.45, 7) is 3.09. The summed E-state index contributed by atoms with van der Waals surface area (Å²) < 4.78 is 5.04. The summed E-state index contributed by atoms with van der Waals surface area (Å²) >= 11 is 0. The van der Waals surface area contributed by atoms with Crippen molar-refractivity contribution in [1.82, 2.24) is 10.6 Å². The lowest BCUT2D eigenvalue weighted by molar-refractivity contribution is -0.146. The molecular formula is C17H24N2O5. The van der Waals surface area contributed by atoms with Crippen molar-refractivity contribution in [1.29, 1.82) is 0 Å². The van der Waals surface area contributed by atoms with Gasteiger partial charge >= 0.3 is 11.9 Å². The van der Waals surface area contributed by atoms with Crippen LogP contribution in [0.25, 0.3) is 0 Å². The van der Waals surface area contributed by atoms with Crippen molar-refractivity contribution in [2.45, 2.75) is 38.8 Å². The quantitative estimate of drug-likeness (QED) is 0.544. The Labute approximate surface area is 141 Å². The Kier molecular flexibility index (Phi) is 8.49. The second kappa shape index (κ2) is 10.4. The predicted molar refractivity (Wildman–Crippen MR) is 88.4 cm³/mol. The highest BCUT2D eigenvalue weighted by Gasteiger charge is 2.24. The van der Waals surface area contributed by atoms with Crippen molar-refractivity contribution in [3.63, 3.8) is 0 Å². The highest BCUT2D eigenvalue weighted by molar-refractivity contribution is 5.85. The summed E-state index contributed by atoms with van der Waals surface area (Å²) in [5, 5.41) is 13.8. The number of carboxylic acid groups (broad SMARTS) is 1. The summed E-state index contributed by atoms with van der Waals surface area (Å²) in [5.41, 5.74) is 1.08. The second-order valence-corrected chi connectivity index (χ2v) is 5.33. The third kappa shape index (κ3) is 7.23. The van der Waals surface area contributed by atoms with Crippen LogP contribution in [0.1, 0.15) is 25.8 Å². The number of aryl methyl sites for hydroxylation is 1. The second-order valence-electron chi connectivity index (χ2n) is 5.33. The van der Waals surface area contributed by atoms with E-state index >= 15 is 0 Å². The van der Waals surface area contributed by atoms with E-state index < -0.39 is 36.5 Å². The van der Waals surface area contributed by atoms with E-state index in [0.29, 0.717) is 12.8 Å². The first-order valence-electron chi connectivity index (χ1n) is 7.90. The largest absolute Gasteiger partial charge is 0.480 e. The van der Waals surface area contributed by atoms with E-state index in [4.69, 9.17) is 9.84 Å². The van der Waals surface area contributed by atoms with Gasteiger partial charge < -0.3 is 15.2 Å². The van der Waals surface area contributed by atoms with Gasteiger partial charge in [-0.3, -0.25) is 19.7 Å². The Bertz CT molecular complexity index is 547. The van der Waals surface area contributed by atoms with Gasteiger partial charge in [0.25, 0.3) is 0 Å². The highest BCUT2D eigenvalue weighted by atomic mass is 16.5. The van der Waals surface area contributed by atoms with Gasteiger partial charge in [0.15, 0.2) is 0 Å². The van der Waals surface area contributed by atoms with Gasteiger partial charge in [0.05, 0.1) is 12.6 Å². The molecule has 7 heteroatoms. The normalized spacial score (nSPS) is 12.9. The molecule has 7 nitrogen and oxygen atoms in total. The van der Waals surface area contributed by atoms with Crippen LogP contribution in [-0.2, 0) is 25.5 Å². The topological polar surface area (TPSA) is 105 Å². The van der Waals surface area contributed by atoms with Crippen molar-refractivity contribution in [3.8, 4) is 0 Å². The van der Waals surface area contributed by atoms with Crippen LogP contribution in [0, 0.1) is 0 Å². The number of nitrogens with one attached hydrogen (secondary N) is 2. The molecule has 0 heterocycles. The molecule has 1 rings (SSSR count). The Morgan fingerprint density at radius 1 is 1.21 bits per heavy atom. The fourth-order valence-corrected chi connectivity index (χ4v) is 2.16. The molecule has 0 bridgehead atoms. The predicted octanol–water partition coefficient (Wildman–Crippen LogP) is 0.730. The van der Waals surface area contributed by atoms with Crippen molar-refractivity contribution in [3.05, 3.63) is 35.9 Å². The Hall–Kier alpha value is -2.41. The van der Waals surface area contributed by atoms with E-state index in [2.05, 4.69) is 10.6 Å². The van der Waals surface area contributed by atoms with E-state index in [-0.39, 0.29) is 6.61 Å². The number of amides is 1. The minimum atomic E-state index is -1.12. The molecule has 1 unspecified atom stereocenters. The average Bonchev–Trinajstić information content (AvgIpc) is 2.57. The fourth-order valence-electron chi connectivity index (χ4n) is 2.16. The minimum absolute atomic E-state index is 0.252. The number of carbonyl (C=O) groups excluding carboxylic acids is 2. The van der Waals surface area contributed by atoms with E-state index in [1.165, 1.54) is 0 Å². The lowest BCUT2D eigenvalue weighted by Gasteiger charge is -2.21. The Balaban J connectivity index is 2.62. The van der Waals surface area contributed by atoms with Gasteiger partial charge in [0.2, 0.25) is 5.91 Å². The summed E-state index contributed by atoms with van der Waals surface area (Å²) in [7, 11) is 0. The summed E-state index contributed by atoms with van der Waals surface area (Å²) in [5.74, 6) is -2.03. The number of hydrogen-bond acceptors (Lipinski definition) is 5. The zero-order valence-electron chi connectivity index (χ0n) is 14.0. The first-order valence-corrected chi connectivity index (χ1v) is 7.90. The molecule has 1 aromatic carbocycles. The van der Waals surface area contributed by atoms with E-state index in [1.54, 1.807) is 13.8 Å². The van der Waals surface area contributed by atoms with Crippen LogP contribution in [0.15, 0.2) is 30.3 Å². The number of esters is 1. The van der Waals surface area contributed by atoms with Crippen LogP contribution in [-0.4, -0.2) is 48.2 Å². The zero-order chi connectivity index (χ0) is 17.9. The highest BCUT2D eigenvalue weighted by Crippen LogP contribution is 2.07. The molecule has 0 spiro atoms. The number of carboxylic acids is 1. The van der Waals surface area contributed by atoms with Gasteiger partial charge in [-0.15, -0.1) is 0 Å².